The van der Waals surface area contributed by atoms with Crippen LogP contribution in [0.1, 0.15) is 41.0 Å². The number of hydrogen-bond donors (Lipinski definition) is 1. The van der Waals surface area contributed by atoms with Gasteiger partial charge in [0, 0.05) is 25.3 Å². The summed E-state index contributed by atoms with van der Waals surface area (Å²) in [6, 6.07) is 15.6. The lowest BCUT2D eigenvalue weighted by molar-refractivity contribution is 0.246. The van der Waals surface area contributed by atoms with Crippen LogP contribution < -0.4 is 5.73 Å². The number of hydrogen-bond acceptors (Lipinski definition) is 2. The Morgan fingerprint density at radius 2 is 1.86 bits per heavy atom. The van der Waals surface area contributed by atoms with E-state index < -0.39 is 0 Å². The molecule has 0 aromatic heterocycles. The Kier molecular flexibility index (Phi) is 3.19. The fourth-order valence-electron chi connectivity index (χ4n) is 3.40. The molecule has 1 heterocycles. The van der Waals surface area contributed by atoms with Crippen molar-refractivity contribution in [2.75, 3.05) is 12.3 Å². The minimum absolute atomic E-state index is 0.851. The topological polar surface area (TPSA) is 29.3 Å². The third kappa shape index (κ3) is 2.68. The lowest BCUT2D eigenvalue weighted by Gasteiger charge is -2.29. The van der Waals surface area contributed by atoms with Crippen LogP contribution in [0.25, 0.3) is 0 Å². The highest BCUT2D eigenvalue weighted by Gasteiger charge is 2.23. The number of anilines is 1. The average molecular weight is 278 g/mol. The summed E-state index contributed by atoms with van der Waals surface area (Å²) in [5.74, 6) is 0.851. The summed E-state index contributed by atoms with van der Waals surface area (Å²) in [5, 5.41) is 0. The maximum atomic E-state index is 6.07. The number of rotatable bonds is 3. The minimum Gasteiger partial charge on any atom is -0.398 e. The van der Waals surface area contributed by atoms with Gasteiger partial charge in [0.1, 0.15) is 0 Å². The third-order valence-corrected chi connectivity index (χ3v) is 4.82. The molecule has 0 unspecified atom stereocenters. The van der Waals surface area contributed by atoms with E-state index in [1.165, 1.54) is 35.1 Å². The van der Waals surface area contributed by atoms with E-state index in [1.54, 1.807) is 0 Å². The Labute approximate surface area is 126 Å². The molecule has 0 bridgehead atoms. The fraction of sp³-hybridized carbons (Fsp3) is 0.368. The molecular formula is C19H22N2. The quantitative estimate of drug-likeness (QED) is 0.867. The fourth-order valence-corrected chi connectivity index (χ4v) is 3.40. The largest absolute Gasteiger partial charge is 0.398 e. The lowest BCUT2D eigenvalue weighted by atomic mass is 9.97. The number of benzene rings is 2. The van der Waals surface area contributed by atoms with Crippen LogP contribution in [0.5, 0.6) is 0 Å². The first-order valence-electron chi connectivity index (χ1n) is 7.97. The van der Waals surface area contributed by atoms with Gasteiger partial charge in [-0.1, -0.05) is 36.4 Å². The van der Waals surface area contributed by atoms with Crippen LogP contribution >= 0.6 is 0 Å². The molecule has 2 aliphatic rings. The molecule has 2 nitrogen and oxygen atoms in total. The summed E-state index contributed by atoms with van der Waals surface area (Å²) in [7, 11) is 0. The molecule has 108 valence electrons. The van der Waals surface area contributed by atoms with Crippen LogP contribution in [0.15, 0.2) is 42.5 Å². The molecule has 2 heteroatoms. The van der Waals surface area contributed by atoms with Gasteiger partial charge in [0.05, 0.1) is 0 Å². The van der Waals surface area contributed by atoms with Gasteiger partial charge in [0.2, 0.25) is 0 Å². The van der Waals surface area contributed by atoms with Crippen LogP contribution in [-0.4, -0.2) is 11.4 Å². The van der Waals surface area contributed by atoms with Gasteiger partial charge < -0.3 is 5.73 Å². The van der Waals surface area contributed by atoms with Gasteiger partial charge in [0.15, 0.2) is 0 Å². The summed E-state index contributed by atoms with van der Waals surface area (Å²) in [5.41, 5.74) is 12.7. The van der Waals surface area contributed by atoms with Crippen molar-refractivity contribution in [3.63, 3.8) is 0 Å². The summed E-state index contributed by atoms with van der Waals surface area (Å²) in [4.78, 5) is 2.52. The standard InChI is InChI=1S/C19H22N2/c20-19-3-1-2-17-13-21(11-10-18(17)19)12-14-4-6-15(7-5-14)16-8-9-16/h1-7,16H,8-13,20H2. The normalized spacial score (nSPS) is 18.5. The Morgan fingerprint density at radius 3 is 2.62 bits per heavy atom. The zero-order chi connectivity index (χ0) is 14.2. The molecule has 0 atom stereocenters. The molecule has 4 rings (SSSR count). The molecule has 1 aliphatic carbocycles. The van der Waals surface area contributed by atoms with E-state index in [0.29, 0.717) is 0 Å². The van der Waals surface area contributed by atoms with Crippen molar-refractivity contribution in [1.82, 2.24) is 4.90 Å². The lowest BCUT2D eigenvalue weighted by Crippen LogP contribution is -2.30. The van der Waals surface area contributed by atoms with E-state index in [0.717, 1.165) is 37.7 Å². The van der Waals surface area contributed by atoms with Crippen LogP contribution in [0.3, 0.4) is 0 Å². The summed E-state index contributed by atoms with van der Waals surface area (Å²) < 4.78 is 0. The van der Waals surface area contributed by atoms with E-state index in [2.05, 4.69) is 41.3 Å². The van der Waals surface area contributed by atoms with Gasteiger partial charge in [0.25, 0.3) is 0 Å². The molecule has 0 spiro atoms. The smallest absolute Gasteiger partial charge is 0.0350 e. The monoisotopic (exact) mass is 278 g/mol. The van der Waals surface area contributed by atoms with Crippen molar-refractivity contribution in [1.29, 1.82) is 0 Å². The van der Waals surface area contributed by atoms with E-state index >= 15 is 0 Å². The van der Waals surface area contributed by atoms with Gasteiger partial charge >= 0.3 is 0 Å². The van der Waals surface area contributed by atoms with E-state index in [-0.39, 0.29) is 0 Å². The van der Waals surface area contributed by atoms with Crippen LogP contribution in [-0.2, 0) is 19.5 Å². The molecule has 2 aromatic rings. The van der Waals surface area contributed by atoms with Gasteiger partial charge in [-0.2, -0.15) is 0 Å². The molecule has 2 N–H and O–H groups in total. The molecular weight excluding hydrogens is 256 g/mol. The van der Waals surface area contributed by atoms with E-state index in [9.17, 15) is 0 Å². The van der Waals surface area contributed by atoms with Crippen LogP contribution in [0, 0.1) is 0 Å². The maximum Gasteiger partial charge on any atom is 0.0350 e. The van der Waals surface area contributed by atoms with Crippen molar-refractivity contribution in [3.05, 3.63) is 64.7 Å². The zero-order valence-corrected chi connectivity index (χ0v) is 12.4. The highest BCUT2D eigenvalue weighted by molar-refractivity contribution is 5.51. The molecule has 0 amide bonds. The van der Waals surface area contributed by atoms with Gasteiger partial charge in [-0.3, -0.25) is 4.90 Å². The first-order chi connectivity index (χ1) is 10.3. The van der Waals surface area contributed by atoms with E-state index in [1.807, 2.05) is 6.07 Å². The average Bonchev–Trinajstić information content (AvgIpc) is 3.33. The van der Waals surface area contributed by atoms with Crippen LogP contribution in [0.2, 0.25) is 0 Å². The third-order valence-electron chi connectivity index (χ3n) is 4.82. The number of nitrogens with two attached hydrogens (primary N) is 1. The Hall–Kier alpha value is -1.80. The van der Waals surface area contributed by atoms with Crippen molar-refractivity contribution in [3.8, 4) is 0 Å². The summed E-state index contributed by atoms with van der Waals surface area (Å²) in [6.07, 6.45) is 3.83. The summed E-state index contributed by atoms with van der Waals surface area (Å²) >= 11 is 0. The predicted octanol–water partition coefficient (Wildman–Crippen LogP) is 3.70. The molecule has 0 saturated heterocycles. The van der Waals surface area contributed by atoms with Crippen molar-refractivity contribution in [2.24, 2.45) is 0 Å². The van der Waals surface area contributed by atoms with Crippen molar-refractivity contribution in [2.45, 2.75) is 38.3 Å². The Balaban J connectivity index is 1.46. The molecule has 1 fully saturated rings. The highest BCUT2D eigenvalue weighted by atomic mass is 15.1. The van der Waals surface area contributed by atoms with E-state index in [4.69, 9.17) is 5.73 Å². The van der Waals surface area contributed by atoms with Crippen molar-refractivity contribution >= 4 is 5.69 Å². The van der Waals surface area contributed by atoms with Crippen LogP contribution in [0.4, 0.5) is 5.69 Å². The number of nitrogen functional groups attached to an aromatic ring is 1. The zero-order valence-electron chi connectivity index (χ0n) is 12.4. The number of fused-ring (bicyclic) bond motifs is 1. The SMILES string of the molecule is Nc1cccc2c1CCN(Cc1ccc(C3CC3)cc1)C2. The first kappa shape index (κ1) is 12.9. The molecule has 1 saturated carbocycles. The van der Waals surface area contributed by atoms with Gasteiger partial charge in [-0.05, 0) is 53.5 Å². The highest BCUT2D eigenvalue weighted by Crippen LogP contribution is 2.40. The molecule has 0 radical (unpaired) electrons. The number of nitrogens with zero attached hydrogens (tertiary/aromatic N) is 1. The van der Waals surface area contributed by atoms with Gasteiger partial charge in [-0.25, -0.2) is 0 Å². The maximum absolute atomic E-state index is 6.07. The molecule has 2 aromatic carbocycles. The molecule has 21 heavy (non-hydrogen) atoms. The Morgan fingerprint density at radius 1 is 1.05 bits per heavy atom. The predicted molar refractivity (Wildman–Crippen MR) is 87.1 cm³/mol. The summed E-state index contributed by atoms with van der Waals surface area (Å²) in [6.45, 7) is 3.16. The first-order valence-corrected chi connectivity index (χ1v) is 7.97. The second kappa shape index (κ2) is 5.19. The molecule has 1 aliphatic heterocycles. The second-order valence-electron chi connectivity index (χ2n) is 6.46. The second-order valence-corrected chi connectivity index (χ2v) is 6.46. The van der Waals surface area contributed by atoms with Crippen molar-refractivity contribution < 1.29 is 0 Å². The van der Waals surface area contributed by atoms with Gasteiger partial charge in [-0.15, -0.1) is 0 Å². The Bertz CT molecular complexity index is 641. The minimum atomic E-state index is 0.851.